The van der Waals surface area contributed by atoms with Crippen LogP contribution in [0, 0.1) is 0 Å². The fraction of sp³-hybridized carbons (Fsp3) is 0.600. The van der Waals surface area contributed by atoms with Gasteiger partial charge in [0, 0.05) is 12.6 Å². The van der Waals surface area contributed by atoms with Gasteiger partial charge in [0.1, 0.15) is 5.75 Å². The number of benzene rings is 1. The second kappa shape index (κ2) is 8.11. The minimum Gasteiger partial charge on any atom is -0.494 e. The first-order chi connectivity index (χ1) is 8.67. The van der Waals surface area contributed by atoms with Crippen molar-refractivity contribution in [2.45, 2.75) is 45.8 Å². The van der Waals surface area contributed by atoms with E-state index in [1.807, 2.05) is 25.1 Å². The van der Waals surface area contributed by atoms with Crippen LogP contribution in [0.5, 0.6) is 5.75 Å². The van der Waals surface area contributed by atoms with E-state index < -0.39 is 0 Å². The summed E-state index contributed by atoms with van der Waals surface area (Å²) in [6.07, 6.45) is 1.60. The summed E-state index contributed by atoms with van der Waals surface area (Å²) in [6.45, 7) is 7.48. The van der Waals surface area contributed by atoms with Crippen LogP contribution < -0.4 is 10.1 Å². The van der Waals surface area contributed by atoms with Crippen molar-refractivity contribution in [3.8, 4) is 5.75 Å². The molecule has 0 aromatic heterocycles. The van der Waals surface area contributed by atoms with Crippen molar-refractivity contribution in [1.82, 2.24) is 5.32 Å². The molecule has 0 fully saturated rings. The molecule has 1 aromatic rings. The van der Waals surface area contributed by atoms with E-state index in [9.17, 15) is 5.11 Å². The smallest absolute Gasteiger partial charge is 0.119 e. The molecular weight excluding hydrogens is 226 g/mol. The SMILES string of the molecule is CCCC(O)CNC(C)c1cccc(OCC)c1. The Labute approximate surface area is 110 Å². The Morgan fingerprint density at radius 1 is 1.33 bits per heavy atom. The van der Waals surface area contributed by atoms with E-state index in [1.165, 1.54) is 5.56 Å². The Morgan fingerprint density at radius 3 is 2.78 bits per heavy atom. The number of aliphatic hydroxyl groups is 1. The van der Waals surface area contributed by atoms with Crippen LogP contribution in [-0.2, 0) is 0 Å². The molecule has 0 heterocycles. The Bertz CT molecular complexity index is 341. The lowest BCUT2D eigenvalue weighted by Crippen LogP contribution is -2.28. The summed E-state index contributed by atoms with van der Waals surface area (Å²) in [4.78, 5) is 0. The van der Waals surface area contributed by atoms with Gasteiger partial charge in [0.15, 0.2) is 0 Å². The zero-order valence-corrected chi connectivity index (χ0v) is 11.6. The molecular formula is C15H25NO2. The van der Waals surface area contributed by atoms with E-state index in [0.29, 0.717) is 13.2 Å². The van der Waals surface area contributed by atoms with E-state index >= 15 is 0 Å². The van der Waals surface area contributed by atoms with E-state index in [1.54, 1.807) is 0 Å². The van der Waals surface area contributed by atoms with Crippen LogP contribution in [0.3, 0.4) is 0 Å². The number of rotatable bonds is 8. The Kier molecular flexibility index (Phi) is 6.76. The second-order valence-corrected chi connectivity index (χ2v) is 4.58. The minimum absolute atomic E-state index is 0.219. The van der Waals surface area contributed by atoms with E-state index in [4.69, 9.17) is 4.74 Å². The van der Waals surface area contributed by atoms with Gasteiger partial charge in [-0.25, -0.2) is 0 Å². The maximum atomic E-state index is 9.70. The van der Waals surface area contributed by atoms with Gasteiger partial charge in [0.2, 0.25) is 0 Å². The lowest BCUT2D eigenvalue weighted by Gasteiger charge is -2.17. The molecule has 1 rings (SSSR count). The molecule has 0 saturated heterocycles. The Balaban J connectivity index is 2.50. The van der Waals surface area contributed by atoms with Crippen molar-refractivity contribution in [3.63, 3.8) is 0 Å². The highest BCUT2D eigenvalue weighted by molar-refractivity contribution is 5.30. The fourth-order valence-electron chi connectivity index (χ4n) is 1.91. The van der Waals surface area contributed by atoms with Crippen LogP contribution in [0.25, 0.3) is 0 Å². The average Bonchev–Trinajstić information content (AvgIpc) is 2.37. The van der Waals surface area contributed by atoms with Crippen molar-refractivity contribution in [2.75, 3.05) is 13.2 Å². The average molecular weight is 251 g/mol. The molecule has 0 aliphatic rings. The summed E-state index contributed by atoms with van der Waals surface area (Å²) in [7, 11) is 0. The molecule has 1 aromatic carbocycles. The summed E-state index contributed by atoms with van der Waals surface area (Å²) < 4.78 is 5.48. The molecule has 0 radical (unpaired) electrons. The fourth-order valence-corrected chi connectivity index (χ4v) is 1.91. The van der Waals surface area contributed by atoms with Gasteiger partial charge in [0.25, 0.3) is 0 Å². The van der Waals surface area contributed by atoms with Crippen molar-refractivity contribution >= 4 is 0 Å². The maximum Gasteiger partial charge on any atom is 0.119 e. The third kappa shape index (κ3) is 5.07. The van der Waals surface area contributed by atoms with Crippen molar-refractivity contribution in [2.24, 2.45) is 0 Å². The lowest BCUT2D eigenvalue weighted by atomic mass is 10.1. The van der Waals surface area contributed by atoms with Crippen LogP contribution >= 0.6 is 0 Å². The molecule has 0 aliphatic carbocycles. The first-order valence-corrected chi connectivity index (χ1v) is 6.81. The third-order valence-corrected chi connectivity index (χ3v) is 2.95. The molecule has 0 aliphatic heterocycles. The van der Waals surface area contributed by atoms with Gasteiger partial charge in [-0.15, -0.1) is 0 Å². The molecule has 0 amide bonds. The minimum atomic E-state index is -0.257. The van der Waals surface area contributed by atoms with Crippen molar-refractivity contribution in [3.05, 3.63) is 29.8 Å². The summed E-state index contributed by atoms with van der Waals surface area (Å²) >= 11 is 0. The van der Waals surface area contributed by atoms with Gasteiger partial charge in [-0.1, -0.05) is 25.5 Å². The molecule has 2 atom stereocenters. The van der Waals surface area contributed by atoms with Crippen LogP contribution in [0.2, 0.25) is 0 Å². The summed E-state index contributed by atoms with van der Waals surface area (Å²) in [6, 6.07) is 8.31. The first-order valence-electron chi connectivity index (χ1n) is 6.81. The number of hydrogen-bond acceptors (Lipinski definition) is 3. The van der Waals surface area contributed by atoms with Crippen LogP contribution in [-0.4, -0.2) is 24.4 Å². The topological polar surface area (TPSA) is 41.5 Å². The highest BCUT2D eigenvalue weighted by Gasteiger charge is 2.08. The summed E-state index contributed by atoms with van der Waals surface area (Å²) in [5.41, 5.74) is 1.18. The van der Waals surface area contributed by atoms with Crippen molar-refractivity contribution in [1.29, 1.82) is 0 Å². The van der Waals surface area contributed by atoms with Gasteiger partial charge in [0.05, 0.1) is 12.7 Å². The molecule has 102 valence electrons. The van der Waals surface area contributed by atoms with Crippen molar-refractivity contribution < 1.29 is 9.84 Å². The number of hydrogen-bond donors (Lipinski definition) is 2. The second-order valence-electron chi connectivity index (χ2n) is 4.58. The van der Waals surface area contributed by atoms with E-state index in [2.05, 4.69) is 25.2 Å². The first kappa shape index (κ1) is 15.0. The molecule has 0 bridgehead atoms. The summed E-state index contributed by atoms with van der Waals surface area (Å²) in [5, 5.41) is 13.0. The third-order valence-electron chi connectivity index (χ3n) is 2.95. The standard InChI is InChI=1S/C15H25NO2/c1-4-7-14(17)11-16-12(3)13-8-6-9-15(10-13)18-5-2/h6,8-10,12,14,16-17H,4-5,7,11H2,1-3H3. The molecule has 18 heavy (non-hydrogen) atoms. The number of nitrogens with one attached hydrogen (secondary N) is 1. The maximum absolute atomic E-state index is 9.70. The highest BCUT2D eigenvalue weighted by Crippen LogP contribution is 2.19. The normalized spacial score (nSPS) is 14.2. The van der Waals surface area contributed by atoms with Gasteiger partial charge in [-0.05, 0) is 38.0 Å². The van der Waals surface area contributed by atoms with E-state index in [-0.39, 0.29) is 12.1 Å². The largest absolute Gasteiger partial charge is 0.494 e. The molecule has 3 nitrogen and oxygen atoms in total. The predicted molar refractivity (Wildman–Crippen MR) is 74.9 cm³/mol. The molecule has 0 saturated carbocycles. The van der Waals surface area contributed by atoms with Gasteiger partial charge >= 0.3 is 0 Å². The molecule has 0 spiro atoms. The van der Waals surface area contributed by atoms with Crippen LogP contribution in [0.4, 0.5) is 0 Å². The van der Waals surface area contributed by atoms with E-state index in [0.717, 1.165) is 18.6 Å². The highest BCUT2D eigenvalue weighted by atomic mass is 16.5. The number of aliphatic hydroxyl groups excluding tert-OH is 1. The zero-order chi connectivity index (χ0) is 13.4. The predicted octanol–water partition coefficient (Wildman–Crippen LogP) is 2.90. The van der Waals surface area contributed by atoms with Gasteiger partial charge in [-0.3, -0.25) is 0 Å². The molecule has 2 unspecified atom stereocenters. The quantitative estimate of drug-likeness (QED) is 0.746. The van der Waals surface area contributed by atoms with Gasteiger partial charge < -0.3 is 15.2 Å². The zero-order valence-electron chi connectivity index (χ0n) is 11.6. The molecule has 2 N–H and O–H groups in total. The van der Waals surface area contributed by atoms with Crippen LogP contribution in [0.1, 0.15) is 45.2 Å². The summed E-state index contributed by atoms with van der Waals surface area (Å²) in [5.74, 6) is 0.901. The number of ether oxygens (including phenoxy) is 1. The lowest BCUT2D eigenvalue weighted by molar-refractivity contribution is 0.157. The van der Waals surface area contributed by atoms with Crippen LogP contribution in [0.15, 0.2) is 24.3 Å². The monoisotopic (exact) mass is 251 g/mol. The van der Waals surface area contributed by atoms with Gasteiger partial charge in [-0.2, -0.15) is 0 Å². The Hall–Kier alpha value is -1.06. The Morgan fingerprint density at radius 2 is 2.11 bits per heavy atom. The molecule has 3 heteroatoms.